The molecular weight excluding hydrogens is 303 g/mol. The Kier molecular flexibility index (Phi) is 5.66. The van der Waals surface area contributed by atoms with Gasteiger partial charge in [0.1, 0.15) is 11.0 Å². The van der Waals surface area contributed by atoms with Crippen LogP contribution in [0.25, 0.3) is 0 Å². The van der Waals surface area contributed by atoms with E-state index in [0.29, 0.717) is 6.42 Å². The maximum absolute atomic E-state index is 14.1. The van der Waals surface area contributed by atoms with Crippen molar-refractivity contribution in [3.8, 4) is 0 Å². The van der Waals surface area contributed by atoms with Gasteiger partial charge in [-0.15, -0.1) is 0 Å². The molecule has 1 heterocycles. The van der Waals surface area contributed by atoms with E-state index in [-0.39, 0.29) is 23.9 Å². The SMILES string of the molecule is CC(C)(C[C@](C)(CCO)c1nc(Cl)ccc1F)S(N)=O. The van der Waals surface area contributed by atoms with E-state index in [2.05, 4.69) is 4.98 Å². The van der Waals surface area contributed by atoms with E-state index in [9.17, 15) is 13.7 Å². The van der Waals surface area contributed by atoms with E-state index in [1.807, 2.05) is 0 Å². The third-order valence-corrected chi connectivity index (χ3v) is 4.85. The van der Waals surface area contributed by atoms with Gasteiger partial charge >= 0.3 is 0 Å². The van der Waals surface area contributed by atoms with Crippen molar-refractivity contribution in [1.29, 1.82) is 0 Å². The van der Waals surface area contributed by atoms with Gasteiger partial charge < -0.3 is 5.11 Å². The molecule has 0 aliphatic carbocycles. The smallest absolute Gasteiger partial charge is 0.145 e. The molecule has 114 valence electrons. The lowest BCUT2D eigenvalue weighted by atomic mass is 9.76. The van der Waals surface area contributed by atoms with Crippen LogP contribution in [-0.2, 0) is 16.4 Å². The molecule has 0 bridgehead atoms. The van der Waals surface area contributed by atoms with Crippen molar-refractivity contribution in [3.63, 3.8) is 0 Å². The standard InChI is InChI=1S/C13H20ClFN2O2S/c1-12(2,20(16)19)8-13(3,6-7-18)11-9(15)4-5-10(14)17-11/h4-5,18H,6-8,16H2,1-3H3/t13-,20?/m0/s1. The summed E-state index contributed by atoms with van der Waals surface area (Å²) in [5, 5.41) is 14.9. The Balaban J connectivity index is 3.27. The lowest BCUT2D eigenvalue weighted by Crippen LogP contribution is -2.41. The molecule has 1 unspecified atom stereocenters. The van der Waals surface area contributed by atoms with E-state index >= 15 is 0 Å². The minimum Gasteiger partial charge on any atom is -0.396 e. The molecule has 1 aromatic rings. The van der Waals surface area contributed by atoms with Gasteiger partial charge in [0.05, 0.1) is 21.4 Å². The average molecular weight is 323 g/mol. The van der Waals surface area contributed by atoms with Gasteiger partial charge in [-0.05, 0) is 38.8 Å². The number of rotatable bonds is 6. The van der Waals surface area contributed by atoms with E-state index in [1.54, 1.807) is 20.8 Å². The predicted octanol–water partition coefficient (Wildman–Crippen LogP) is 2.31. The summed E-state index contributed by atoms with van der Waals surface area (Å²) < 4.78 is 24.9. The fraction of sp³-hybridized carbons (Fsp3) is 0.615. The van der Waals surface area contributed by atoms with Gasteiger partial charge in [0.15, 0.2) is 0 Å². The molecule has 1 aromatic heterocycles. The molecule has 0 aromatic carbocycles. The first kappa shape index (κ1) is 17.5. The highest BCUT2D eigenvalue weighted by Gasteiger charge is 2.39. The van der Waals surface area contributed by atoms with Gasteiger partial charge in [0, 0.05) is 12.0 Å². The number of halogens is 2. The zero-order valence-corrected chi connectivity index (χ0v) is 13.4. The minimum absolute atomic E-state index is 0.141. The van der Waals surface area contributed by atoms with Gasteiger partial charge in [-0.3, -0.25) is 5.14 Å². The van der Waals surface area contributed by atoms with Crippen molar-refractivity contribution in [2.24, 2.45) is 5.14 Å². The van der Waals surface area contributed by atoms with Crippen LogP contribution in [0, 0.1) is 5.82 Å². The number of hydrogen-bond donors (Lipinski definition) is 2. The van der Waals surface area contributed by atoms with Crippen molar-refractivity contribution < 1.29 is 13.7 Å². The second kappa shape index (κ2) is 6.47. The van der Waals surface area contributed by atoms with Crippen LogP contribution in [0.4, 0.5) is 4.39 Å². The van der Waals surface area contributed by atoms with Gasteiger partial charge in [0.2, 0.25) is 0 Å². The molecule has 0 aliphatic rings. The van der Waals surface area contributed by atoms with Crippen molar-refractivity contribution >= 4 is 22.6 Å². The highest BCUT2D eigenvalue weighted by Crippen LogP contribution is 2.38. The number of aliphatic hydroxyl groups is 1. The zero-order chi connectivity index (χ0) is 15.6. The van der Waals surface area contributed by atoms with Gasteiger partial charge in [-0.1, -0.05) is 18.5 Å². The lowest BCUT2D eigenvalue weighted by molar-refractivity contribution is 0.224. The summed E-state index contributed by atoms with van der Waals surface area (Å²) in [6, 6.07) is 2.61. The monoisotopic (exact) mass is 322 g/mol. The number of aliphatic hydroxyl groups excluding tert-OH is 1. The highest BCUT2D eigenvalue weighted by atomic mass is 35.5. The van der Waals surface area contributed by atoms with Gasteiger partial charge in [-0.25, -0.2) is 13.6 Å². The molecule has 4 nitrogen and oxygen atoms in total. The first-order valence-electron chi connectivity index (χ1n) is 6.22. The summed E-state index contributed by atoms with van der Waals surface area (Å²) in [6.07, 6.45) is 0.589. The summed E-state index contributed by atoms with van der Waals surface area (Å²) in [4.78, 5) is 4.05. The molecule has 7 heteroatoms. The maximum Gasteiger partial charge on any atom is 0.145 e. The fourth-order valence-electron chi connectivity index (χ4n) is 2.39. The summed E-state index contributed by atoms with van der Waals surface area (Å²) in [5.41, 5.74) is -0.639. The van der Waals surface area contributed by atoms with Gasteiger partial charge in [-0.2, -0.15) is 0 Å². The first-order valence-corrected chi connectivity index (χ1v) is 7.81. The van der Waals surface area contributed by atoms with Crippen LogP contribution in [0.2, 0.25) is 5.15 Å². The van der Waals surface area contributed by atoms with Gasteiger partial charge in [0.25, 0.3) is 0 Å². The Labute approximate surface area is 126 Å². The zero-order valence-electron chi connectivity index (χ0n) is 11.8. The normalized spacial score (nSPS) is 16.8. The van der Waals surface area contributed by atoms with Crippen LogP contribution in [-0.4, -0.2) is 25.7 Å². The third-order valence-electron chi connectivity index (χ3n) is 3.41. The molecule has 0 fully saturated rings. The Bertz CT molecular complexity index is 513. The number of aromatic nitrogens is 1. The van der Waals surface area contributed by atoms with Crippen molar-refractivity contribution in [3.05, 3.63) is 28.8 Å². The maximum atomic E-state index is 14.1. The fourth-order valence-corrected chi connectivity index (χ4v) is 3.00. The lowest BCUT2D eigenvalue weighted by Gasteiger charge is -2.35. The molecule has 0 radical (unpaired) electrons. The second-order valence-electron chi connectivity index (χ2n) is 5.73. The van der Waals surface area contributed by atoms with Crippen molar-refractivity contribution in [1.82, 2.24) is 4.98 Å². The van der Waals surface area contributed by atoms with Crippen molar-refractivity contribution in [2.45, 2.75) is 43.8 Å². The van der Waals surface area contributed by atoms with Crippen LogP contribution in [0.15, 0.2) is 12.1 Å². The van der Waals surface area contributed by atoms with Crippen LogP contribution >= 0.6 is 11.6 Å². The molecule has 2 atom stereocenters. The molecule has 0 aliphatic heterocycles. The number of nitrogens with zero attached hydrogens (tertiary/aromatic N) is 1. The molecule has 1 rings (SSSR count). The molecule has 3 N–H and O–H groups in total. The minimum atomic E-state index is -1.58. The van der Waals surface area contributed by atoms with E-state index in [0.717, 1.165) is 0 Å². The molecule has 0 saturated carbocycles. The molecule has 20 heavy (non-hydrogen) atoms. The summed E-state index contributed by atoms with van der Waals surface area (Å²) >= 11 is 5.83. The number of hydrogen-bond acceptors (Lipinski definition) is 3. The topological polar surface area (TPSA) is 76.2 Å². The summed E-state index contributed by atoms with van der Waals surface area (Å²) in [7, 11) is -1.58. The highest BCUT2D eigenvalue weighted by molar-refractivity contribution is 7.84. The predicted molar refractivity (Wildman–Crippen MR) is 79.3 cm³/mol. The Hall–Kier alpha value is -0.560. The molecule has 0 saturated heterocycles. The van der Waals surface area contributed by atoms with E-state index < -0.39 is 27.0 Å². The van der Waals surface area contributed by atoms with Crippen LogP contribution in [0.5, 0.6) is 0 Å². The first-order chi connectivity index (χ1) is 9.12. The molecule has 0 spiro atoms. The van der Waals surface area contributed by atoms with Crippen LogP contribution in [0.3, 0.4) is 0 Å². The Morgan fingerprint density at radius 2 is 2.05 bits per heavy atom. The summed E-state index contributed by atoms with van der Waals surface area (Å²) in [6.45, 7) is 5.10. The second-order valence-corrected chi connectivity index (χ2v) is 7.82. The van der Waals surface area contributed by atoms with Crippen LogP contribution < -0.4 is 5.14 Å². The Morgan fingerprint density at radius 3 is 2.55 bits per heavy atom. The van der Waals surface area contributed by atoms with Crippen LogP contribution in [0.1, 0.15) is 39.3 Å². The van der Waals surface area contributed by atoms with E-state index in [1.165, 1.54) is 12.1 Å². The number of pyridine rings is 1. The average Bonchev–Trinajstić information content (AvgIpc) is 2.31. The quantitative estimate of drug-likeness (QED) is 0.789. The largest absolute Gasteiger partial charge is 0.396 e. The van der Waals surface area contributed by atoms with E-state index in [4.69, 9.17) is 16.7 Å². The Morgan fingerprint density at radius 1 is 1.45 bits per heavy atom. The molecule has 0 amide bonds. The molecular formula is C13H20ClFN2O2S. The van der Waals surface area contributed by atoms with Crippen molar-refractivity contribution in [2.75, 3.05) is 6.61 Å². The summed E-state index contributed by atoms with van der Waals surface area (Å²) in [5.74, 6) is -0.496. The third kappa shape index (κ3) is 3.97. The number of nitrogens with two attached hydrogens (primary N) is 1.